The van der Waals surface area contributed by atoms with Gasteiger partial charge in [-0.3, -0.25) is 4.79 Å². The van der Waals surface area contributed by atoms with Gasteiger partial charge < -0.3 is 14.8 Å². The van der Waals surface area contributed by atoms with Crippen molar-refractivity contribution in [3.05, 3.63) is 57.6 Å². The average Bonchev–Trinajstić information content (AvgIpc) is 2.68. The molecule has 0 bridgehead atoms. The van der Waals surface area contributed by atoms with E-state index < -0.39 is 0 Å². The quantitative estimate of drug-likeness (QED) is 0.397. The van der Waals surface area contributed by atoms with E-state index in [9.17, 15) is 9.59 Å². The summed E-state index contributed by atoms with van der Waals surface area (Å²) in [6.07, 6.45) is 2.60. The van der Waals surface area contributed by atoms with Crippen molar-refractivity contribution in [3.8, 4) is 5.75 Å². The number of halogens is 2. The summed E-state index contributed by atoms with van der Waals surface area (Å²) in [5.74, 6) is -0.385. The zero-order valence-corrected chi connectivity index (χ0v) is 17.4. The Bertz CT molecular complexity index is 799. The summed E-state index contributed by atoms with van der Waals surface area (Å²) >= 11 is 12.4. The van der Waals surface area contributed by atoms with Crippen molar-refractivity contribution >= 4 is 40.8 Å². The van der Waals surface area contributed by atoms with Gasteiger partial charge in [0.1, 0.15) is 0 Å². The van der Waals surface area contributed by atoms with Gasteiger partial charge in [-0.1, -0.05) is 43.5 Å². The molecule has 0 saturated heterocycles. The molecule has 0 aliphatic rings. The molecule has 2 aromatic rings. The first kappa shape index (κ1) is 22.1. The van der Waals surface area contributed by atoms with Crippen molar-refractivity contribution in [3.63, 3.8) is 0 Å². The third-order valence-electron chi connectivity index (χ3n) is 3.82. The molecule has 150 valence electrons. The molecule has 0 saturated carbocycles. The molecule has 1 N–H and O–H groups in total. The molecule has 2 rings (SSSR count). The molecule has 1 amide bonds. The van der Waals surface area contributed by atoms with E-state index in [0.29, 0.717) is 35.8 Å². The van der Waals surface area contributed by atoms with Crippen molar-refractivity contribution in [1.29, 1.82) is 0 Å². The molecule has 0 radical (unpaired) electrons. The van der Waals surface area contributed by atoms with Crippen molar-refractivity contribution in [1.82, 2.24) is 0 Å². The lowest BCUT2D eigenvalue weighted by molar-refractivity contribution is 0.0499. The van der Waals surface area contributed by atoms with Gasteiger partial charge in [0, 0.05) is 11.3 Å². The summed E-state index contributed by atoms with van der Waals surface area (Å²) in [6, 6.07) is 9.49. The lowest BCUT2D eigenvalue weighted by Gasteiger charge is -2.11. The van der Waals surface area contributed by atoms with Crippen LogP contribution in [-0.2, 0) is 4.74 Å². The van der Waals surface area contributed by atoms with Crippen LogP contribution in [0.5, 0.6) is 5.75 Å². The Morgan fingerprint density at radius 2 is 1.57 bits per heavy atom. The van der Waals surface area contributed by atoms with E-state index in [1.54, 1.807) is 24.3 Å². The number of esters is 1. The lowest BCUT2D eigenvalue weighted by atomic mass is 10.1. The van der Waals surface area contributed by atoms with Crippen LogP contribution < -0.4 is 10.1 Å². The zero-order chi connectivity index (χ0) is 20.5. The number of hydrogen-bond acceptors (Lipinski definition) is 4. The number of rotatable bonds is 9. The summed E-state index contributed by atoms with van der Waals surface area (Å²) in [4.78, 5) is 24.4. The molecule has 7 heteroatoms. The van der Waals surface area contributed by atoms with E-state index >= 15 is 0 Å². The topological polar surface area (TPSA) is 64.6 Å². The van der Waals surface area contributed by atoms with E-state index in [1.807, 2.05) is 13.8 Å². The van der Waals surface area contributed by atoms with E-state index in [0.717, 1.165) is 19.3 Å². The monoisotopic (exact) mass is 423 g/mol. The number of nitrogens with one attached hydrogen (secondary N) is 1. The molecule has 0 aliphatic carbocycles. The Hall–Kier alpha value is -2.24. The molecule has 0 spiro atoms. The number of hydrogen-bond donors (Lipinski definition) is 1. The van der Waals surface area contributed by atoms with E-state index in [4.69, 9.17) is 32.7 Å². The maximum Gasteiger partial charge on any atom is 0.338 e. The van der Waals surface area contributed by atoms with Crippen LogP contribution in [0.2, 0.25) is 10.0 Å². The maximum absolute atomic E-state index is 12.5. The second-order valence-corrected chi connectivity index (χ2v) is 6.95. The van der Waals surface area contributed by atoms with Crippen LogP contribution in [0.1, 0.15) is 53.8 Å². The summed E-state index contributed by atoms with van der Waals surface area (Å²) in [5.41, 5.74) is 1.27. The van der Waals surface area contributed by atoms with E-state index in [-0.39, 0.29) is 21.9 Å². The highest BCUT2D eigenvalue weighted by Gasteiger charge is 2.15. The van der Waals surface area contributed by atoms with Crippen molar-refractivity contribution in [2.24, 2.45) is 0 Å². The standard InChI is InChI=1S/C21H23Cl2NO4/c1-3-5-11-28-21(26)14-6-8-16(9-7-14)24-20(25)15-12-17(22)19(18(23)13-15)27-10-4-2/h6-9,12-13H,3-5,10-11H2,1-2H3,(H,24,25). The minimum Gasteiger partial charge on any atom is -0.490 e. The van der Waals surface area contributed by atoms with Crippen molar-refractivity contribution in [2.45, 2.75) is 33.1 Å². The number of carbonyl (C=O) groups is 2. The first-order valence-electron chi connectivity index (χ1n) is 9.16. The number of amides is 1. The fourth-order valence-corrected chi connectivity index (χ4v) is 2.91. The maximum atomic E-state index is 12.5. The minimum atomic E-state index is -0.382. The van der Waals surface area contributed by atoms with Gasteiger partial charge in [-0.2, -0.15) is 0 Å². The number of unbranched alkanes of at least 4 members (excludes halogenated alkanes) is 1. The molecule has 5 nitrogen and oxygen atoms in total. The minimum absolute atomic E-state index is 0.274. The Balaban J connectivity index is 2.03. The number of benzene rings is 2. The predicted molar refractivity (Wildman–Crippen MR) is 112 cm³/mol. The van der Waals surface area contributed by atoms with Gasteiger partial charge >= 0.3 is 5.97 Å². The highest BCUT2D eigenvalue weighted by molar-refractivity contribution is 6.37. The van der Waals surface area contributed by atoms with E-state index in [1.165, 1.54) is 12.1 Å². The fraction of sp³-hybridized carbons (Fsp3) is 0.333. The molecule has 0 aliphatic heterocycles. The first-order valence-corrected chi connectivity index (χ1v) is 9.92. The molecule has 0 unspecified atom stereocenters. The van der Waals surface area contributed by atoms with Crippen LogP contribution in [0.3, 0.4) is 0 Å². The van der Waals surface area contributed by atoms with Gasteiger partial charge in [0.15, 0.2) is 5.75 Å². The third-order valence-corrected chi connectivity index (χ3v) is 4.38. The molecule has 0 aromatic heterocycles. The average molecular weight is 424 g/mol. The number of carbonyl (C=O) groups excluding carboxylic acids is 2. The van der Waals surface area contributed by atoms with Crippen LogP contribution in [0.15, 0.2) is 36.4 Å². The van der Waals surface area contributed by atoms with Crippen LogP contribution in [0.25, 0.3) is 0 Å². The Morgan fingerprint density at radius 1 is 0.929 bits per heavy atom. The highest BCUT2D eigenvalue weighted by atomic mass is 35.5. The Kier molecular flexibility index (Phi) is 8.61. The van der Waals surface area contributed by atoms with Crippen molar-refractivity contribution in [2.75, 3.05) is 18.5 Å². The molecule has 0 atom stereocenters. The molecule has 0 heterocycles. The van der Waals surface area contributed by atoms with Crippen LogP contribution in [-0.4, -0.2) is 25.1 Å². The van der Waals surface area contributed by atoms with Crippen LogP contribution in [0.4, 0.5) is 5.69 Å². The lowest BCUT2D eigenvalue weighted by Crippen LogP contribution is -2.12. The number of anilines is 1. The Morgan fingerprint density at radius 3 is 2.14 bits per heavy atom. The SMILES string of the molecule is CCCCOC(=O)c1ccc(NC(=O)c2cc(Cl)c(OCCC)c(Cl)c2)cc1. The van der Waals surface area contributed by atoms with Gasteiger partial charge in [-0.05, 0) is 49.2 Å². The molecular weight excluding hydrogens is 401 g/mol. The zero-order valence-electron chi connectivity index (χ0n) is 15.9. The predicted octanol–water partition coefficient (Wildman–Crippen LogP) is 5.99. The van der Waals surface area contributed by atoms with Crippen LogP contribution >= 0.6 is 23.2 Å². The summed E-state index contributed by atoms with van der Waals surface area (Å²) in [6.45, 7) is 4.88. The first-order chi connectivity index (χ1) is 13.5. The molecule has 0 fully saturated rings. The second-order valence-electron chi connectivity index (χ2n) is 6.14. The highest BCUT2D eigenvalue weighted by Crippen LogP contribution is 2.34. The van der Waals surface area contributed by atoms with Gasteiger partial charge in [0.05, 0.1) is 28.8 Å². The summed E-state index contributed by atoms with van der Waals surface area (Å²) < 4.78 is 10.7. The smallest absolute Gasteiger partial charge is 0.338 e. The fourth-order valence-electron chi connectivity index (χ4n) is 2.32. The van der Waals surface area contributed by atoms with Gasteiger partial charge in [-0.25, -0.2) is 4.79 Å². The normalized spacial score (nSPS) is 10.4. The second kappa shape index (κ2) is 10.9. The van der Waals surface area contributed by atoms with Crippen LogP contribution in [0, 0.1) is 0 Å². The summed E-state index contributed by atoms with van der Waals surface area (Å²) in [5, 5.41) is 3.29. The molecule has 28 heavy (non-hydrogen) atoms. The number of ether oxygens (including phenoxy) is 2. The molecular formula is C21H23Cl2NO4. The molecule has 2 aromatic carbocycles. The largest absolute Gasteiger partial charge is 0.490 e. The van der Waals surface area contributed by atoms with Gasteiger partial charge in [-0.15, -0.1) is 0 Å². The van der Waals surface area contributed by atoms with E-state index in [2.05, 4.69) is 5.32 Å². The Labute approximate surface area is 174 Å². The van der Waals surface area contributed by atoms with Gasteiger partial charge in [0.2, 0.25) is 0 Å². The van der Waals surface area contributed by atoms with Crippen molar-refractivity contribution < 1.29 is 19.1 Å². The third kappa shape index (κ3) is 6.14. The summed E-state index contributed by atoms with van der Waals surface area (Å²) in [7, 11) is 0. The van der Waals surface area contributed by atoms with Gasteiger partial charge in [0.25, 0.3) is 5.91 Å².